The molecule has 0 unspecified atom stereocenters. The largest absolute Gasteiger partial charge is 0.493 e. The molecule has 0 bridgehead atoms. The molecule has 11 heteroatoms. The zero-order valence-electron chi connectivity index (χ0n) is 24.3. The van der Waals surface area contributed by atoms with Crippen LogP contribution in [0.1, 0.15) is 18.4 Å². The summed E-state index contributed by atoms with van der Waals surface area (Å²) in [4.78, 5) is 24.4. The molecule has 1 saturated heterocycles. The number of hydrogen-bond donors (Lipinski definition) is 2. The van der Waals surface area contributed by atoms with E-state index in [1.54, 1.807) is 51.8 Å². The Morgan fingerprint density at radius 1 is 0.977 bits per heavy atom. The second-order valence-corrected chi connectivity index (χ2v) is 10.4. The predicted octanol–water partition coefficient (Wildman–Crippen LogP) is 6.22. The van der Waals surface area contributed by atoms with Crippen LogP contribution in [0.15, 0.2) is 72.9 Å². The van der Waals surface area contributed by atoms with Crippen molar-refractivity contribution < 1.29 is 23.7 Å². The van der Waals surface area contributed by atoms with Crippen LogP contribution in [0.5, 0.6) is 28.7 Å². The summed E-state index contributed by atoms with van der Waals surface area (Å²) in [6.07, 6.45) is 3.39. The summed E-state index contributed by atoms with van der Waals surface area (Å²) in [5.41, 5.74) is 1.64. The molecule has 2 N–H and O–H groups in total. The van der Waals surface area contributed by atoms with Crippen LogP contribution in [0.4, 0.5) is 17.5 Å². The Bertz CT molecular complexity index is 1530. The highest BCUT2D eigenvalue weighted by molar-refractivity contribution is 6.30. The van der Waals surface area contributed by atoms with E-state index >= 15 is 0 Å². The van der Waals surface area contributed by atoms with Gasteiger partial charge < -0.3 is 34.5 Å². The van der Waals surface area contributed by atoms with Gasteiger partial charge in [0.2, 0.25) is 17.6 Å². The van der Waals surface area contributed by atoms with E-state index in [0.29, 0.717) is 58.5 Å². The van der Waals surface area contributed by atoms with Gasteiger partial charge in [-0.25, -0.2) is 4.98 Å². The Balaban J connectivity index is 1.19. The molecule has 4 aromatic rings. The van der Waals surface area contributed by atoms with Crippen molar-refractivity contribution in [3.63, 3.8) is 0 Å². The molecule has 1 atom stereocenters. The molecule has 1 aliphatic heterocycles. The highest BCUT2D eigenvalue weighted by Gasteiger charge is 2.27. The summed E-state index contributed by atoms with van der Waals surface area (Å²) >= 11 is 5.96. The Morgan fingerprint density at radius 3 is 2.47 bits per heavy atom. The second kappa shape index (κ2) is 14.0. The minimum absolute atomic E-state index is 0.0125. The van der Waals surface area contributed by atoms with Gasteiger partial charge in [-0.2, -0.15) is 4.98 Å². The molecular formula is C32H34ClN5O5. The number of carbonyl (C=O) groups excluding carboxylic acids is 1. The summed E-state index contributed by atoms with van der Waals surface area (Å²) in [5.74, 6) is 3.94. The Morgan fingerprint density at radius 2 is 1.74 bits per heavy atom. The van der Waals surface area contributed by atoms with E-state index in [1.165, 1.54) is 0 Å². The normalized spacial score (nSPS) is 14.5. The molecule has 5 rings (SSSR count). The van der Waals surface area contributed by atoms with Gasteiger partial charge in [0.15, 0.2) is 11.5 Å². The molecule has 43 heavy (non-hydrogen) atoms. The van der Waals surface area contributed by atoms with Gasteiger partial charge in [0.1, 0.15) is 17.3 Å². The fourth-order valence-corrected chi connectivity index (χ4v) is 5.08. The first-order chi connectivity index (χ1) is 20.9. The number of anilines is 3. The number of halogens is 1. The van der Waals surface area contributed by atoms with Crippen LogP contribution in [-0.4, -0.2) is 50.3 Å². The maximum absolute atomic E-state index is 13.2. The van der Waals surface area contributed by atoms with Gasteiger partial charge in [-0.15, -0.1) is 0 Å². The van der Waals surface area contributed by atoms with E-state index in [1.807, 2.05) is 42.5 Å². The zero-order chi connectivity index (χ0) is 30.2. The lowest BCUT2D eigenvalue weighted by Crippen LogP contribution is -2.43. The smallest absolute Gasteiger partial charge is 0.229 e. The number of carbonyl (C=O) groups is 1. The molecule has 1 aromatic heterocycles. The molecule has 10 nitrogen and oxygen atoms in total. The first-order valence-corrected chi connectivity index (χ1v) is 14.3. The van der Waals surface area contributed by atoms with Crippen LogP contribution in [-0.2, 0) is 11.3 Å². The summed E-state index contributed by atoms with van der Waals surface area (Å²) in [5, 5.41) is 6.97. The van der Waals surface area contributed by atoms with Crippen LogP contribution in [0.25, 0.3) is 0 Å². The fourth-order valence-electron chi connectivity index (χ4n) is 4.96. The standard InChI is InChI=1S/C32H34ClN5O5/c1-40-27-17-24(18-28(41-2)30(27)42-3)36-32-34-14-13-29(37-32)38-15-5-7-22(20-38)31(39)35-19-21-6-4-8-26(16-21)43-25-11-9-23(33)10-12-25/h4,6,8-14,16-18,22H,5,7,15,19-20H2,1-3H3,(H,35,39)(H,34,36,37)/t22-/m0/s1. The average Bonchev–Trinajstić information content (AvgIpc) is 3.04. The van der Waals surface area contributed by atoms with E-state index in [9.17, 15) is 4.79 Å². The molecule has 0 radical (unpaired) electrons. The van der Waals surface area contributed by atoms with Gasteiger partial charge in [0, 0.05) is 48.7 Å². The number of aromatic nitrogens is 2. The molecule has 2 heterocycles. The molecule has 3 aromatic carbocycles. The van der Waals surface area contributed by atoms with Crippen molar-refractivity contribution in [3.05, 3.63) is 83.5 Å². The van der Waals surface area contributed by atoms with Crippen molar-refractivity contribution >= 4 is 35.0 Å². The third-order valence-corrected chi connectivity index (χ3v) is 7.34. The summed E-state index contributed by atoms with van der Waals surface area (Å²) in [6, 6.07) is 20.3. The molecule has 0 aliphatic carbocycles. The van der Waals surface area contributed by atoms with Crippen LogP contribution in [0.2, 0.25) is 5.02 Å². The maximum Gasteiger partial charge on any atom is 0.229 e. The van der Waals surface area contributed by atoms with E-state index in [2.05, 4.69) is 20.5 Å². The van der Waals surface area contributed by atoms with Crippen molar-refractivity contribution in [1.29, 1.82) is 0 Å². The Hall–Kier alpha value is -4.70. The lowest BCUT2D eigenvalue weighted by molar-refractivity contribution is -0.125. The number of piperidine rings is 1. The third kappa shape index (κ3) is 7.58. The number of amides is 1. The zero-order valence-corrected chi connectivity index (χ0v) is 25.1. The van der Waals surface area contributed by atoms with Gasteiger partial charge in [-0.1, -0.05) is 23.7 Å². The van der Waals surface area contributed by atoms with E-state index in [4.69, 9.17) is 35.5 Å². The molecule has 1 aliphatic rings. The number of methoxy groups -OCH3 is 3. The number of nitrogens with one attached hydrogen (secondary N) is 2. The lowest BCUT2D eigenvalue weighted by atomic mass is 9.97. The third-order valence-electron chi connectivity index (χ3n) is 7.09. The monoisotopic (exact) mass is 603 g/mol. The highest BCUT2D eigenvalue weighted by Crippen LogP contribution is 2.40. The summed E-state index contributed by atoms with van der Waals surface area (Å²) in [7, 11) is 4.69. The Labute approximate surface area is 255 Å². The number of ether oxygens (including phenoxy) is 4. The number of nitrogens with zero attached hydrogens (tertiary/aromatic N) is 3. The van der Waals surface area contributed by atoms with Crippen molar-refractivity contribution in [1.82, 2.24) is 15.3 Å². The number of benzene rings is 3. The van der Waals surface area contributed by atoms with Crippen molar-refractivity contribution in [2.45, 2.75) is 19.4 Å². The van der Waals surface area contributed by atoms with Gasteiger partial charge in [-0.3, -0.25) is 4.79 Å². The Kier molecular flexibility index (Phi) is 9.68. The van der Waals surface area contributed by atoms with E-state index in [0.717, 1.165) is 30.8 Å². The molecule has 0 saturated carbocycles. The molecule has 0 spiro atoms. The summed E-state index contributed by atoms with van der Waals surface area (Å²) < 4.78 is 22.2. The quantitative estimate of drug-likeness (QED) is 0.206. The van der Waals surface area contributed by atoms with Crippen LogP contribution in [0.3, 0.4) is 0 Å². The van der Waals surface area contributed by atoms with Gasteiger partial charge >= 0.3 is 0 Å². The molecule has 224 valence electrons. The first-order valence-electron chi connectivity index (χ1n) is 13.9. The second-order valence-electron chi connectivity index (χ2n) is 9.98. The van der Waals surface area contributed by atoms with Crippen LogP contribution >= 0.6 is 11.6 Å². The molecular weight excluding hydrogens is 570 g/mol. The minimum Gasteiger partial charge on any atom is -0.493 e. The van der Waals surface area contributed by atoms with Crippen molar-refractivity contribution in [2.75, 3.05) is 44.6 Å². The fraction of sp³-hybridized carbons (Fsp3) is 0.281. The topological polar surface area (TPSA) is 107 Å². The van der Waals surface area contributed by atoms with Gasteiger partial charge in [-0.05, 0) is 60.9 Å². The van der Waals surface area contributed by atoms with Crippen molar-refractivity contribution in [3.8, 4) is 28.7 Å². The SMILES string of the molecule is COc1cc(Nc2nccc(N3CCC[C@H](C(=O)NCc4cccc(Oc5ccc(Cl)cc5)c4)C3)n2)cc(OC)c1OC. The highest BCUT2D eigenvalue weighted by atomic mass is 35.5. The lowest BCUT2D eigenvalue weighted by Gasteiger charge is -2.33. The van der Waals surface area contributed by atoms with E-state index < -0.39 is 0 Å². The first kappa shape index (κ1) is 29.8. The molecule has 1 amide bonds. The van der Waals surface area contributed by atoms with Crippen LogP contribution < -0.4 is 34.5 Å². The molecule has 1 fully saturated rings. The van der Waals surface area contributed by atoms with Crippen molar-refractivity contribution in [2.24, 2.45) is 5.92 Å². The minimum atomic E-state index is -0.163. The maximum atomic E-state index is 13.2. The summed E-state index contributed by atoms with van der Waals surface area (Å²) in [6.45, 7) is 1.77. The number of hydrogen-bond acceptors (Lipinski definition) is 9. The average molecular weight is 604 g/mol. The van der Waals surface area contributed by atoms with Gasteiger partial charge in [0.05, 0.1) is 27.2 Å². The van der Waals surface area contributed by atoms with E-state index in [-0.39, 0.29) is 11.8 Å². The van der Waals surface area contributed by atoms with Crippen LogP contribution in [0, 0.1) is 5.92 Å². The van der Waals surface area contributed by atoms with Gasteiger partial charge in [0.25, 0.3) is 0 Å². The number of rotatable bonds is 11. The predicted molar refractivity (Wildman–Crippen MR) is 166 cm³/mol.